The zero-order chi connectivity index (χ0) is 27.1. The Hall–Kier alpha value is -4.24. The number of anilines is 2. The number of carbonyl (C=O) groups excluding carboxylic acids is 1. The van der Waals surface area contributed by atoms with Gasteiger partial charge in [-0.2, -0.15) is 0 Å². The van der Waals surface area contributed by atoms with E-state index in [4.69, 9.17) is 19.2 Å². The molecule has 39 heavy (non-hydrogen) atoms. The molecule has 2 aliphatic rings. The van der Waals surface area contributed by atoms with E-state index in [0.29, 0.717) is 30.3 Å². The van der Waals surface area contributed by atoms with Gasteiger partial charge in [0.05, 0.1) is 36.7 Å². The minimum atomic E-state index is -0.484. The Kier molecular flexibility index (Phi) is 6.52. The van der Waals surface area contributed by atoms with Crippen LogP contribution in [-0.2, 0) is 16.5 Å². The highest BCUT2D eigenvalue weighted by molar-refractivity contribution is 5.96. The van der Waals surface area contributed by atoms with Crippen LogP contribution in [-0.4, -0.2) is 54.0 Å². The Morgan fingerprint density at radius 1 is 1.03 bits per heavy atom. The van der Waals surface area contributed by atoms with Crippen LogP contribution in [0.15, 0.2) is 53.6 Å². The summed E-state index contributed by atoms with van der Waals surface area (Å²) in [6.45, 7) is 4.50. The summed E-state index contributed by atoms with van der Waals surface area (Å²) < 4.78 is 18.2. The molecule has 0 unspecified atom stereocenters. The molecule has 1 fully saturated rings. The van der Waals surface area contributed by atoms with Crippen molar-refractivity contribution in [3.8, 4) is 17.0 Å². The molecule has 0 spiro atoms. The number of nitrogens with zero attached hydrogens (tertiary/aromatic N) is 4. The van der Waals surface area contributed by atoms with Gasteiger partial charge < -0.3 is 23.7 Å². The van der Waals surface area contributed by atoms with Crippen molar-refractivity contribution in [2.45, 2.75) is 25.7 Å². The summed E-state index contributed by atoms with van der Waals surface area (Å²) in [5.74, 6) is 0.608. The van der Waals surface area contributed by atoms with Crippen LogP contribution in [0.25, 0.3) is 22.2 Å². The highest BCUT2D eigenvalue weighted by Gasteiger charge is 2.26. The lowest BCUT2D eigenvalue weighted by atomic mass is 9.90. The first-order chi connectivity index (χ1) is 18.9. The molecule has 2 aliphatic heterocycles. The number of pyridine rings is 3. The smallest absolute Gasteiger partial charge is 0.356 e. The van der Waals surface area contributed by atoms with Crippen molar-refractivity contribution >= 4 is 28.2 Å². The maximum absolute atomic E-state index is 12.9. The Labute approximate surface area is 226 Å². The van der Waals surface area contributed by atoms with Gasteiger partial charge in [0.2, 0.25) is 0 Å². The van der Waals surface area contributed by atoms with Crippen LogP contribution in [0, 0.1) is 6.92 Å². The van der Waals surface area contributed by atoms with Crippen molar-refractivity contribution in [3.05, 3.63) is 76.0 Å². The van der Waals surface area contributed by atoms with E-state index in [2.05, 4.69) is 22.0 Å². The molecule has 0 aliphatic carbocycles. The molecular weight excluding hydrogens is 496 g/mol. The maximum atomic E-state index is 12.9. The fraction of sp³-hybridized carbons (Fsp3) is 0.333. The molecule has 0 saturated carbocycles. The van der Waals surface area contributed by atoms with Crippen molar-refractivity contribution in [3.63, 3.8) is 0 Å². The molecule has 0 radical (unpaired) electrons. The number of hydrogen-bond donors (Lipinski definition) is 0. The summed E-state index contributed by atoms with van der Waals surface area (Å²) in [6, 6.07) is 11.7. The fourth-order valence-electron chi connectivity index (χ4n) is 5.51. The highest BCUT2D eigenvalue weighted by atomic mass is 16.5. The van der Waals surface area contributed by atoms with Crippen LogP contribution in [0.5, 0.6) is 5.75 Å². The maximum Gasteiger partial charge on any atom is 0.356 e. The molecule has 4 aromatic rings. The predicted octanol–water partition coefficient (Wildman–Crippen LogP) is 4.52. The van der Waals surface area contributed by atoms with E-state index >= 15 is 0 Å². The van der Waals surface area contributed by atoms with E-state index in [1.54, 1.807) is 22.9 Å². The van der Waals surface area contributed by atoms with Crippen molar-refractivity contribution in [2.75, 3.05) is 38.4 Å². The van der Waals surface area contributed by atoms with Crippen LogP contribution in [0.2, 0.25) is 0 Å². The van der Waals surface area contributed by atoms with E-state index in [-0.39, 0.29) is 11.3 Å². The van der Waals surface area contributed by atoms with Gasteiger partial charge in [0.1, 0.15) is 23.7 Å². The second kappa shape index (κ2) is 10.1. The number of rotatable bonds is 4. The third-order valence-electron chi connectivity index (χ3n) is 7.67. The van der Waals surface area contributed by atoms with E-state index < -0.39 is 5.97 Å². The number of aryl methyl sites for hydroxylation is 2. The number of aromatic nitrogens is 3. The Bertz CT molecular complexity index is 1620. The highest BCUT2D eigenvalue weighted by Crippen LogP contribution is 2.42. The molecular formula is C30H30N4O5. The number of ether oxygens (including phenoxy) is 3. The number of hydrogen-bond acceptors (Lipinski definition) is 8. The molecule has 1 aromatic carbocycles. The zero-order valence-electron chi connectivity index (χ0n) is 22.3. The summed E-state index contributed by atoms with van der Waals surface area (Å²) in [7, 11) is 3.17. The summed E-state index contributed by atoms with van der Waals surface area (Å²) >= 11 is 0. The first-order valence-corrected chi connectivity index (χ1v) is 13.1. The lowest BCUT2D eigenvalue weighted by Crippen LogP contribution is -2.30. The van der Waals surface area contributed by atoms with Crippen molar-refractivity contribution in [2.24, 2.45) is 7.05 Å². The number of carbonyl (C=O) groups is 1. The van der Waals surface area contributed by atoms with Gasteiger partial charge in [0.25, 0.3) is 5.56 Å². The zero-order valence-corrected chi connectivity index (χ0v) is 22.3. The molecule has 1 saturated heterocycles. The summed E-state index contributed by atoms with van der Waals surface area (Å²) in [6.07, 6.45) is 5.34. The molecule has 5 heterocycles. The standard InChI is InChI=1S/C30H30N4O5/c1-18-12-22-25(33(2)29(18)35)13-21(19-6-9-38-10-7-19)14-26(22)34-8-11-39-28-15-24(32-17-27(28)34)20-4-5-23(31-16-20)30(36)37-3/h4-5,12-17,19H,6-11H2,1-3H3. The Balaban J connectivity index is 1.45. The van der Waals surface area contributed by atoms with E-state index in [1.165, 1.54) is 12.7 Å². The van der Waals surface area contributed by atoms with Crippen LogP contribution in [0.3, 0.4) is 0 Å². The quantitative estimate of drug-likeness (QED) is 0.359. The van der Waals surface area contributed by atoms with Gasteiger partial charge >= 0.3 is 5.97 Å². The molecule has 6 rings (SSSR count). The van der Waals surface area contributed by atoms with Crippen LogP contribution in [0.1, 0.15) is 40.4 Å². The predicted molar refractivity (Wildman–Crippen MR) is 148 cm³/mol. The summed E-state index contributed by atoms with van der Waals surface area (Å²) in [5, 5.41) is 1.02. The third kappa shape index (κ3) is 4.52. The second-order valence-electron chi connectivity index (χ2n) is 10.0. The van der Waals surface area contributed by atoms with Gasteiger partial charge in [0, 0.05) is 49.0 Å². The molecule has 3 aromatic heterocycles. The molecule has 9 heteroatoms. The van der Waals surface area contributed by atoms with Gasteiger partial charge in [0.15, 0.2) is 0 Å². The average molecular weight is 527 g/mol. The van der Waals surface area contributed by atoms with E-state index in [0.717, 1.165) is 59.6 Å². The van der Waals surface area contributed by atoms with Gasteiger partial charge in [-0.3, -0.25) is 9.78 Å². The SMILES string of the molecule is COC(=O)c1ccc(-c2cc3c(cn2)N(c2cc(C4CCOCC4)cc4c2cc(C)c(=O)n4C)CCO3)cn1. The van der Waals surface area contributed by atoms with Crippen LogP contribution in [0.4, 0.5) is 11.4 Å². The minimum absolute atomic E-state index is 0.0121. The number of fused-ring (bicyclic) bond motifs is 2. The van der Waals surface area contributed by atoms with Crippen LogP contribution < -0.4 is 15.2 Å². The van der Waals surface area contributed by atoms with Crippen molar-refractivity contribution < 1.29 is 19.0 Å². The van der Waals surface area contributed by atoms with Crippen LogP contribution >= 0.6 is 0 Å². The summed E-state index contributed by atoms with van der Waals surface area (Å²) in [5.41, 5.74) is 6.45. The molecule has 0 amide bonds. The molecule has 200 valence electrons. The first-order valence-electron chi connectivity index (χ1n) is 13.1. The van der Waals surface area contributed by atoms with Gasteiger partial charge in [-0.05, 0) is 61.6 Å². The van der Waals surface area contributed by atoms with Gasteiger partial charge in [-0.25, -0.2) is 9.78 Å². The number of benzene rings is 1. The third-order valence-corrected chi connectivity index (χ3v) is 7.67. The van der Waals surface area contributed by atoms with E-state index in [1.807, 2.05) is 32.3 Å². The lowest BCUT2D eigenvalue weighted by molar-refractivity contribution is 0.0594. The summed E-state index contributed by atoms with van der Waals surface area (Å²) in [4.78, 5) is 35.8. The number of methoxy groups -OCH3 is 1. The second-order valence-corrected chi connectivity index (χ2v) is 10.0. The fourth-order valence-corrected chi connectivity index (χ4v) is 5.51. The average Bonchev–Trinajstić information content (AvgIpc) is 2.99. The molecule has 0 atom stereocenters. The first kappa shape index (κ1) is 25.1. The molecule has 0 bridgehead atoms. The largest absolute Gasteiger partial charge is 0.489 e. The molecule has 9 nitrogen and oxygen atoms in total. The van der Waals surface area contributed by atoms with E-state index in [9.17, 15) is 9.59 Å². The normalized spacial score (nSPS) is 15.6. The minimum Gasteiger partial charge on any atom is -0.489 e. The Morgan fingerprint density at radius 3 is 2.59 bits per heavy atom. The van der Waals surface area contributed by atoms with Crippen molar-refractivity contribution in [1.29, 1.82) is 0 Å². The topological polar surface area (TPSA) is 95.8 Å². The Morgan fingerprint density at radius 2 is 1.85 bits per heavy atom. The van der Waals surface area contributed by atoms with Crippen molar-refractivity contribution in [1.82, 2.24) is 14.5 Å². The van der Waals surface area contributed by atoms with Gasteiger partial charge in [-0.15, -0.1) is 0 Å². The lowest BCUT2D eigenvalue weighted by Gasteiger charge is -2.33. The monoisotopic (exact) mass is 526 g/mol. The molecule has 0 N–H and O–H groups in total. The number of esters is 1. The van der Waals surface area contributed by atoms with Gasteiger partial charge in [-0.1, -0.05) is 0 Å².